The average molecular weight is 249 g/mol. The molecule has 88 valence electrons. The van der Waals surface area contributed by atoms with E-state index in [9.17, 15) is 4.79 Å². The molecule has 0 unspecified atom stereocenters. The molecule has 0 bridgehead atoms. The van der Waals surface area contributed by atoms with Crippen molar-refractivity contribution in [2.24, 2.45) is 0 Å². The van der Waals surface area contributed by atoms with E-state index in [1.54, 1.807) is 6.92 Å². The molecule has 0 radical (unpaired) electrons. The van der Waals surface area contributed by atoms with Gasteiger partial charge >= 0.3 is 0 Å². The molecule has 17 heavy (non-hydrogen) atoms. The summed E-state index contributed by atoms with van der Waals surface area (Å²) in [5.41, 5.74) is 2.39. The normalized spacial score (nSPS) is 10.5. The second kappa shape index (κ2) is 4.72. The number of nitrogens with zero attached hydrogens (tertiary/aromatic N) is 1. The number of rotatable bonds is 2. The summed E-state index contributed by atoms with van der Waals surface area (Å²) in [6, 6.07) is 7.54. The van der Waals surface area contributed by atoms with E-state index in [0.29, 0.717) is 22.8 Å². The Balaban J connectivity index is 2.34. The molecule has 0 spiro atoms. The van der Waals surface area contributed by atoms with Gasteiger partial charge in [0.15, 0.2) is 0 Å². The molecular weight excluding hydrogens is 236 g/mol. The molecule has 0 saturated carbocycles. The molecule has 0 aliphatic rings. The number of aromatic nitrogens is 2. The predicted octanol–water partition coefficient (Wildman–Crippen LogP) is 2.63. The molecule has 1 aromatic carbocycles. The van der Waals surface area contributed by atoms with Gasteiger partial charge in [0.05, 0.1) is 0 Å². The molecule has 4 heteroatoms. The Bertz CT molecular complexity index is 605. The highest BCUT2D eigenvalue weighted by Gasteiger charge is 2.04. The fourth-order valence-corrected chi connectivity index (χ4v) is 1.84. The lowest BCUT2D eigenvalue weighted by Gasteiger charge is -2.04. The van der Waals surface area contributed by atoms with Crippen molar-refractivity contribution < 1.29 is 0 Å². The number of halogens is 1. The summed E-state index contributed by atoms with van der Waals surface area (Å²) in [5, 5.41) is 0.689. The first-order valence-corrected chi connectivity index (χ1v) is 5.75. The van der Waals surface area contributed by atoms with Gasteiger partial charge in [-0.25, -0.2) is 4.98 Å². The number of hydrogen-bond acceptors (Lipinski definition) is 2. The van der Waals surface area contributed by atoms with Crippen molar-refractivity contribution in [2.75, 3.05) is 0 Å². The second-order valence-electron chi connectivity index (χ2n) is 4.03. The standard InChI is InChI=1S/C13H13ClN2O/c1-8-9(2)15-12(16-13(8)17)7-10-4-3-5-11(14)6-10/h3-6H,7H2,1-2H3,(H,15,16,17). The maximum atomic E-state index is 11.6. The molecule has 1 N–H and O–H groups in total. The molecule has 2 rings (SSSR count). The second-order valence-corrected chi connectivity index (χ2v) is 4.47. The maximum absolute atomic E-state index is 11.6. The monoisotopic (exact) mass is 248 g/mol. The summed E-state index contributed by atoms with van der Waals surface area (Å²) in [5.74, 6) is 0.667. The van der Waals surface area contributed by atoms with Crippen LogP contribution in [0.15, 0.2) is 29.1 Å². The van der Waals surface area contributed by atoms with Crippen molar-refractivity contribution in [1.29, 1.82) is 0 Å². The molecule has 0 atom stereocenters. The van der Waals surface area contributed by atoms with Crippen LogP contribution in [0.5, 0.6) is 0 Å². The zero-order chi connectivity index (χ0) is 12.4. The third kappa shape index (κ3) is 2.74. The first-order valence-electron chi connectivity index (χ1n) is 5.37. The van der Waals surface area contributed by atoms with E-state index in [-0.39, 0.29) is 5.56 Å². The Hall–Kier alpha value is -1.61. The minimum atomic E-state index is -0.0745. The van der Waals surface area contributed by atoms with E-state index in [4.69, 9.17) is 11.6 Å². The molecule has 0 saturated heterocycles. The zero-order valence-electron chi connectivity index (χ0n) is 9.75. The first-order chi connectivity index (χ1) is 8.06. The van der Waals surface area contributed by atoms with E-state index >= 15 is 0 Å². The smallest absolute Gasteiger partial charge is 0.254 e. The highest BCUT2D eigenvalue weighted by molar-refractivity contribution is 6.30. The van der Waals surface area contributed by atoms with Gasteiger partial charge in [-0.3, -0.25) is 4.79 Å². The van der Waals surface area contributed by atoms with Crippen LogP contribution >= 0.6 is 11.6 Å². The largest absolute Gasteiger partial charge is 0.310 e. The summed E-state index contributed by atoms with van der Waals surface area (Å²) >= 11 is 5.91. The molecule has 2 aromatic rings. The van der Waals surface area contributed by atoms with Crippen LogP contribution in [0.4, 0.5) is 0 Å². The van der Waals surface area contributed by atoms with Gasteiger partial charge in [-0.05, 0) is 31.5 Å². The summed E-state index contributed by atoms with van der Waals surface area (Å²) < 4.78 is 0. The van der Waals surface area contributed by atoms with Crippen molar-refractivity contribution in [1.82, 2.24) is 9.97 Å². The van der Waals surface area contributed by atoms with Crippen LogP contribution in [-0.4, -0.2) is 9.97 Å². The molecule has 0 fully saturated rings. The van der Waals surface area contributed by atoms with Crippen molar-refractivity contribution >= 4 is 11.6 Å². The van der Waals surface area contributed by atoms with Gasteiger partial charge in [0.2, 0.25) is 0 Å². The Morgan fingerprint density at radius 2 is 2.12 bits per heavy atom. The highest BCUT2D eigenvalue weighted by Crippen LogP contribution is 2.12. The average Bonchev–Trinajstić information content (AvgIpc) is 2.26. The fourth-order valence-electron chi connectivity index (χ4n) is 1.63. The first kappa shape index (κ1) is 11.9. The lowest BCUT2D eigenvalue weighted by Crippen LogP contribution is -2.16. The molecule has 0 amide bonds. The minimum Gasteiger partial charge on any atom is -0.310 e. The van der Waals surface area contributed by atoms with Crippen LogP contribution < -0.4 is 5.56 Å². The lowest BCUT2D eigenvalue weighted by molar-refractivity contribution is 0.902. The van der Waals surface area contributed by atoms with Crippen molar-refractivity contribution in [3.05, 3.63) is 62.3 Å². The third-order valence-corrected chi connectivity index (χ3v) is 2.94. The molecule has 0 aliphatic carbocycles. The van der Waals surface area contributed by atoms with Crippen LogP contribution in [0.3, 0.4) is 0 Å². The maximum Gasteiger partial charge on any atom is 0.254 e. The van der Waals surface area contributed by atoms with Gasteiger partial charge < -0.3 is 4.98 Å². The summed E-state index contributed by atoms with van der Waals surface area (Å²) in [7, 11) is 0. The Kier molecular flexibility index (Phi) is 3.29. The Labute approximate surface area is 104 Å². The van der Waals surface area contributed by atoms with E-state index in [2.05, 4.69) is 9.97 Å². The van der Waals surface area contributed by atoms with Gasteiger partial charge in [-0.15, -0.1) is 0 Å². The number of aromatic amines is 1. The lowest BCUT2D eigenvalue weighted by atomic mass is 10.1. The topological polar surface area (TPSA) is 45.8 Å². The van der Waals surface area contributed by atoms with E-state index < -0.39 is 0 Å². The van der Waals surface area contributed by atoms with Gasteiger partial charge in [0.1, 0.15) is 5.82 Å². The zero-order valence-corrected chi connectivity index (χ0v) is 10.5. The highest BCUT2D eigenvalue weighted by atomic mass is 35.5. The van der Waals surface area contributed by atoms with E-state index in [1.165, 1.54) is 0 Å². The Morgan fingerprint density at radius 1 is 1.35 bits per heavy atom. The van der Waals surface area contributed by atoms with Crippen LogP contribution in [0, 0.1) is 13.8 Å². The number of H-pyrrole nitrogens is 1. The minimum absolute atomic E-state index is 0.0745. The van der Waals surface area contributed by atoms with Gasteiger partial charge in [-0.1, -0.05) is 23.7 Å². The van der Waals surface area contributed by atoms with Crippen molar-refractivity contribution in [3.63, 3.8) is 0 Å². The van der Waals surface area contributed by atoms with Gasteiger partial charge in [0, 0.05) is 22.7 Å². The number of benzene rings is 1. The number of aryl methyl sites for hydroxylation is 1. The quantitative estimate of drug-likeness (QED) is 0.888. The SMILES string of the molecule is Cc1nc(Cc2cccc(Cl)c2)[nH]c(=O)c1C. The summed E-state index contributed by atoms with van der Waals surface area (Å²) in [6.07, 6.45) is 0.580. The van der Waals surface area contributed by atoms with Crippen LogP contribution in [0.25, 0.3) is 0 Å². The van der Waals surface area contributed by atoms with Gasteiger partial charge in [0.25, 0.3) is 5.56 Å². The van der Waals surface area contributed by atoms with Gasteiger partial charge in [-0.2, -0.15) is 0 Å². The molecular formula is C13H13ClN2O. The molecule has 1 aromatic heterocycles. The molecule has 1 heterocycles. The number of hydrogen-bond donors (Lipinski definition) is 1. The molecule has 3 nitrogen and oxygen atoms in total. The van der Waals surface area contributed by atoms with Crippen LogP contribution in [-0.2, 0) is 6.42 Å². The number of nitrogens with one attached hydrogen (secondary N) is 1. The summed E-state index contributed by atoms with van der Waals surface area (Å²) in [6.45, 7) is 3.61. The Morgan fingerprint density at radius 3 is 2.76 bits per heavy atom. The van der Waals surface area contributed by atoms with Crippen LogP contribution in [0.2, 0.25) is 5.02 Å². The van der Waals surface area contributed by atoms with Crippen molar-refractivity contribution in [3.8, 4) is 0 Å². The predicted molar refractivity (Wildman–Crippen MR) is 68.6 cm³/mol. The third-order valence-electron chi connectivity index (χ3n) is 2.70. The van der Waals surface area contributed by atoms with E-state index in [0.717, 1.165) is 11.3 Å². The fraction of sp³-hybridized carbons (Fsp3) is 0.231. The van der Waals surface area contributed by atoms with Crippen molar-refractivity contribution in [2.45, 2.75) is 20.3 Å². The van der Waals surface area contributed by atoms with Crippen LogP contribution in [0.1, 0.15) is 22.6 Å². The summed E-state index contributed by atoms with van der Waals surface area (Å²) in [4.78, 5) is 18.7. The molecule has 0 aliphatic heterocycles. The van der Waals surface area contributed by atoms with E-state index in [1.807, 2.05) is 31.2 Å².